The summed E-state index contributed by atoms with van der Waals surface area (Å²) in [6.45, 7) is 1.94. The van der Waals surface area contributed by atoms with Gasteiger partial charge in [-0.15, -0.1) is 0 Å². The highest BCUT2D eigenvalue weighted by Gasteiger charge is 2.15. The van der Waals surface area contributed by atoms with Gasteiger partial charge in [0.1, 0.15) is 9.52 Å². The number of hydrogen-bond acceptors (Lipinski definition) is 3. The van der Waals surface area contributed by atoms with E-state index in [0.717, 1.165) is 12.5 Å². The van der Waals surface area contributed by atoms with Crippen LogP contribution in [0.15, 0.2) is 0 Å². The lowest BCUT2D eigenvalue weighted by Gasteiger charge is -2.11. The van der Waals surface area contributed by atoms with Crippen LogP contribution >= 0.6 is 0 Å². The quantitative estimate of drug-likeness (QED) is 0.329. The van der Waals surface area contributed by atoms with Crippen LogP contribution in [0.5, 0.6) is 0 Å². The Kier molecular flexibility index (Phi) is 3.23. The largest absolute Gasteiger partial charge is 0.348 e. The highest BCUT2D eigenvalue weighted by molar-refractivity contribution is 6.37. The Morgan fingerprint density at radius 2 is 1.88 bits per heavy atom. The van der Waals surface area contributed by atoms with Crippen LogP contribution in [0.25, 0.3) is 0 Å². The zero-order valence-electron chi connectivity index (χ0n) is 4.96. The van der Waals surface area contributed by atoms with Gasteiger partial charge < -0.3 is 15.3 Å². The lowest BCUT2D eigenvalue weighted by molar-refractivity contribution is -0.246. The van der Waals surface area contributed by atoms with Crippen molar-refractivity contribution in [3.63, 3.8) is 0 Å². The minimum Gasteiger partial charge on any atom is -0.348 e. The smallest absolute Gasteiger partial charge is 0.241 e. The normalized spacial score (nSPS) is 13.5. The molecule has 0 aliphatic heterocycles. The molecule has 0 aromatic rings. The average molecular weight is 136 g/mol. The molecule has 0 spiro atoms. The maximum Gasteiger partial charge on any atom is 0.241 e. The second-order valence-electron chi connectivity index (χ2n) is 1.88. The van der Waals surface area contributed by atoms with Crippen LogP contribution < -0.4 is 0 Å². The van der Waals surface area contributed by atoms with Crippen molar-refractivity contribution in [2.75, 3.05) is 0 Å². The second-order valence-corrected chi connectivity index (χ2v) is 4.03. The van der Waals surface area contributed by atoms with Crippen LogP contribution in [0.4, 0.5) is 0 Å². The summed E-state index contributed by atoms with van der Waals surface area (Å²) in [4.78, 5) is 0. The molecule has 0 atom stereocenters. The van der Waals surface area contributed by atoms with Crippen LogP contribution in [-0.4, -0.2) is 30.4 Å². The first-order valence-corrected chi connectivity index (χ1v) is 4.44. The van der Waals surface area contributed by atoms with Gasteiger partial charge >= 0.3 is 0 Å². The summed E-state index contributed by atoms with van der Waals surface area (Å²) in [5.41, 5.74) is -2.31. The van der Waals surface area contributed by atoms with Crippen LogP contribution in [0.2, 0.25) is 6.04 Å². The Bertz CT molecular complexity index is 58.8. The van der Waals surface area contributed by atoms with Gasteiger partial charge in [0.2, 0.25) is 5.60 Å². The van der Waals surface area contributed by atoms with Crippen molar-refractivity contribution < 1.29 is 15.3 Å². The highest BCUT2D eigenvalue weighted by atomic mass is 28.2. The molecular formula is C4H12O3Si. The van der Waals surface area contributed by atoms with Gasteiger partial charge in [0, 0.05) is 0 Å². The van der Waals surface area contributed by atoms with Crippen molar-refractivity contribution >= 4 is 9.52 Å². The van der Waals surface area contributed by atoms with E-state index in [9.17, 15) is 0 Å². The molecule has 3 N–H and O–H groups in total. The van der Waals surface area contributed by atoms with E-state index >= 15 is 0 Å². The maximum absolute atomic E-state index is 8.32. The summed E-state index contributed by atoms with van der Waals surface area (Å²) in [5.74, 6) is 0. The summed E-state index contributed by atoms with van der Waals surface area (Å²) < 4.78 is 0. The van der Waals surface area contributed by atoms with E-state index in [1.54, 1.807) is 0 Å². The fraction of sp³-hybridized carbons (Fsp3) is 1.00. The topological polar surface area (TPSA) is 60.7 Å². The van der Waals surface area contributed by atoms with Gasteiger partial charge in [-0.2, -0.15) is 0 Å². The Morgan fingerprint density at radius 1 is 1.38 bits per heavy atom. The number of hydrogen-bond donors (Lipinski definition) is 3. The van der Waals surface area contributed by atoms with Gasteiger partial charge in [-0.1, -0.05) is 19.4 Å². The molecule has 0 bridgehead atoms. The zero-order valence-corrected chi connectivity index (χ0v) is 6.38. The maximum atomic E-state index is 8.32. The first-order chi connectivity index (χ1) is 3.56. The summed E-state index contributed by atoms with van der Waals surface area (Å²) >= 11 is 0. The minimum absolute atomic E-state index is 0.767. The summed E-state index contributed by atoms with van der Waals surface area (Å²) in [6, 6.07) is 0.767. The number of rotatable bonds is 3. The van der Waals surface area contributed by atoms with Gasteiger partial charge in [0.15, 0.2) is 0 Å². The first-order valence-electron chi connectivity index (χ1n) is 2.73. The zero-order chi connectivity index (χ0) is 6.62. The molecule has 0 radical (unpaired) electrons. The van der Waals surface area contributed by atoms with Gasteiger partial charge in [-0.05, 0) is 0 Å². The molecule has 0 aliphatic carbocycles. The fourth-order valence-electron chi connectivity index (χ4n) is 0.414. The second kappa shape index (κ2) is 3.19. The van der Waals surface area contributed by atoms with Gasteiger partial charge in [0.25, 0.3) is 0 Å². The van der Waals surface area contributed by atoms with E-state index in [1.807, 2.05) is 6.92 Å². The van der Waals surface area contributed by atoms with E-state index in [-0.39, 0.29) is 0 Å². The molecular weight excluding hydrogens is 124 g/mol. The first kappa shape index (κ1) is 8.10. The van der Waals surface area contributed by atoms with Crippen molar-refractivity contribution in [3.05, 3.63) is 0 Å². The van der Waals surface area contributed by atoms with Crippen molar-refractivity contribution in [2.24, 2.45) is 0 Å². The molecule has 4 heteroatoms. The predicted octanol–water partition coefficient (Wildman–Crippen LogP) is -1.43. The van der Waals surface area contributed by atoms with E-state index < -0.39 is 15.1 Å². The molecule has 8 heavy (non-hydrogen) atoms. The van der Waals surface area contributed by atoms with Gasteiger partial charge in [0.05, 0.1) is 0 Å². The van der Waals surface area contributed by atoms with Crippen molar-refractivity contribution in [1.29, 1.82) is 0 Å². The standard InChI is InChI=1S/C4H12O3Si/c1-2-3-8-4(5,6)7/h5-7H,2-3,8H2,1H3. The molecule has 50 valence electrons. The molecule has 3 nitrogen and oxygen atoms in total. The molecule has 0 rings (SSSR count). The van der Waals surface area contributed by atoms with E-state index in [2.05, 4.69) is 0 Å². The molecule has 0 aromatic heterocycles. The van der Waals surface area contributed by atoms with Gasteiger partial charge in [-0.3, -0.25) is 0 Å². The molecule has 0 aliphatic rings. The predicted molar refractivity (Wildman–Crippen MR) is 33.0 cm³/mol. The van der Waals surface area contributed by atoms with Crippen LogP contribution in [0.3, 0.4) is 0 Å². The van der Waals surface area contributed by atoms with Crippen LogP contribution in [0, 0.1) is 0 Å². The lowest BCUT2D eigenvalue weighted by atomic mass is 10.6. The SMILES string of the molecule is CCC[SiH2]C(O)(O)O. The molecule has 0 fully saturated rings. The van der Waals surface area contributed by atoms with E-state index in [4.69, 9.17) is 15.3 Å². The van der Waals surface area contributed by atoms with Crippen molar-refractivity contribution in [2.45, 2.75) is 25.0 Å². The summed E-state index contributed by atoms with van der Waals surface area (Å²) in [5, 5.41) is 25.0. The molecule has 0 aromatic carbocycles. The molecule has 0 saturated carbocycles. The van der Waals surface area contributed by atoms with Gasteiger partial charge in [-0.25, -0.2) is 0 Å². The van der Waals surface area contributed by atoms with Crippen LogP contribution in [-0.2, 0) is 0 Å². The van der Waals surface area contributed by atoms with Crippen LogP contribution in [0.1, 0.15) is 13.3 Å². The molecule has 0 saturated heterocycles. The molecule has 0 amide bonds. The third kappa shape index (κ3) is 6.10. The fourth-order valence-corrected chi connectivity index (χ4v) is 1.24. The third-order valence-electron chi connectivity index (χ3n) is 0.866. The van der Waals surface area contributed by atoms with Crippen molar-refractivity contribution in [3.8, 4) is 0 Å². The van der Waals surface area contributed by atoms with E-state index in [1.165, 1.54) is 0 Å². The minimum atomic E-state index is -2.31. The highest BCUT2D eigenvalue weighted by Crippen LogP contribution is 1.95. The molecule has 0 unspecified atom stereocenters. The Morgan fingerprint density at radius 3 is 2.00 bits per heavy atom. The monoisotopic (exact) mass is 136 g/mol. The number of aliphatic hydroxyl groups is 3. The van der Waals surface area contributed by atoms with Crippen molar-refractivity contribution in [1.82, 2.24) is 0 Å². The Labute approximate surface area is 50.8 Å². The third-order valence-corrected chi connectivity index (χ3v) is 2.60. The Hall–Kier alpha value is 0.0969. The average Bonchev–Trinajstić information content (AvgIpc) is 1.59. The summed E-state index contributed by atoms with van der Waals surface area (Å²) in [7, 11) is -1.08. The lowest BCUT2D eigenvalue weighted by Crippen LogP contribution is -2.34. The summed E-state index contributed by atoms with van der Waals surface area (Å²) in [6.07, 6.45) is 0.912. The molecule has 0 heterocycles. The van der Waals surface area contributed by atoms with E-state index in [0.29, 0.717) is 0 Å². The Balaban J connectivity index is 3.11.